The van der Waals surface area contributed by atoms with Gasteiger partial charge in [0.25, 0.3) is 0 Å². The van der Waals surface area contributed by atoms with Crippen molar-refractivity contribution in [3.05, 3.63) is 48.3 Å². The van der Waals surface area contributed by atoms with Crippen LogP contribution >= 0.6 is 0 Å². The summed E-state index contributed by atoms with van der Waals surface area (Å²) < 4.78 is 0. The van der Waals surface area contributed by atoms with Crippen LogP contribution in [-0.4, -0.2) is 39.7 Å². The molecule has 6 heteroatoms. The van der Waals surface area contributed by atoms with E-state index in [-0.39, 0.29) is 0 Å². The van der Waals surface area contributed by atoms with E-state index in [0.29, 0.717) is 18.2 Å². The fourth-order valence-corrected chi connectivity index (χ4v) is 2.68. The molecule has 1 aromatic rings. The minimum absolute atomic E-state index is 0.558. The van der Waals surface area contributed by atoms with E-state index in [9.17, 15) is 9.59 Å². The van der Waals surface area contributed by atoms with E-state index in [1.807, 2.05) is 18.5 Å². The highest BCUT2D eigenvalue weighted by molar-refractivity contribution is 5.89. The Morgan fingerprint density at radius 1 is 1.27 bits per heavy atom. The molecule has 0 spiro atoms. The van der Waals surface area contributed by atoms with Gasteiger partial charge < -0.3 is 15.5 Å². The second-order valence-electron chi connectivity index (χ2n) is 5.18. The molecular weight excluding hydrogens is 284 g/mol. The first kappa shape index (κ1) is 15.9. The first-order chi connectivity index (χ1) is 10.6. The van der Waals surface area contributed by atoms with Gasteiger partial charge in [0, 0.05) is 30.6 Å². The van der Waals surface area contributed by atoms with Crippen LogP contribution in [0.3, 0.4) is 0 Å². The van der Waals surface area contributed by atoms with E-state index in [0.717, 1.165) is 5.92 Å². The van der Waals surface area contributed by atoms with Crippen LogP contribution in [-0.2, 0) is 9.59 Å². The van der Waals surface area contributed by atoms with E-state index in [2.05, 4.69) is 22.4 Å². The lowest BCUT2D eigenvalue weighted by atomic mass is 10.00. The topological polar surface area (TPSA) is 99.5 Å². The van der Waals surface area contributed by atoms with Gasteiger partial charge in [-0.3, -0.25) is 4.98 Å². The summed E-state index contributed by atoms with van der Waals surface area (Å²) in [7, 11) is 0. The van der Waals surface area contributed by atoms with Gasteiger partial charge >= 0.3 is 11.9 Å². The van der Waals surface area contributed by atoms with Crippen molar-refractivity contribution >= 4 is 17.5 Å². The summed E-state index contributed by atoms with van der Waals surface area (Å²) in [6, 6.07) is 4.79. The van der Waals surface area contributed by atoms with Gasteiger partial charge in [-0.05, 0) is 42.5 Å². The maximum atomic E-state index is 9.55. The molecule has 1 aliphatic carbocycles. The zero-order chi connectivity index (χ0) is 15.9. The molecule has 3 N–H and O–H groups in total. The van der Waals surface area contributed by atoms with E-state index in [4.69, 9.17) is 10.2 Å². The number of hydrogen-bond donors (Lipinski definition) is 3. The van der Waals surface area contributed by atoms with Crippen molar-refractivity contribution in [3.8, 4) is 0 Å². The SMILES string of the molecule is C1=C(c2cccnc2)CC2CCNC12.O=C(O)C=CC(=O)O. The van der Waals surface area contributed by atoms with Crippen molar-refractivity contribution in [2.24, 2.45) is 5.92 Å². The predicted octanol–water partition coefficient (Wildman–Crippen LogP) is 1.56. The number of nitrogens with zero attached hydrogens (tertiary/aromatic N) is 1. The molecule has 0 aromatic carbocycles. The molecule has 2 aliphatic rings. The van der Waals surface area contributed by atoms with Gasteiger partial charge in [0.1, 0.15) is 0 Å². The van der Waals surface area contributed by atoms with Crippen LogP contribution in [0.4, 0.5) is 0 Å². The molecule has 0 saturated carbocycles. The largest absolute Gasteiger partial charge is 0.478 e. The molecule has 2 heterocycles. The zero-order valence-electron chi connectivity index (χ0n) is 12.0. The molecule has 22 heavy (non-hydrogen) atoms. The highest BCUT2D eigenvalue weighted by atomic mass is 16.4. The zero-order valence-corrected chi connectivity index (χ0v) is 12.0. The van der Waals surface area contributed by atoms with E-state index in [1.165, 1.54) is 30.5 Å². The van der Waals surface area contributed by atoms with Crippen molar-refractivity contribution in [2.75, 3.05) is 6.54 Å². The van der Waals surface area contributed by atoms with Gasteiger partial charge in [0.2, 0.25) is 0 Å². The molecule has 3 rings (SSSR count). The van der Waals surface area contributed by atoms with Crippen LogP contribution in [0, 0.1) is 5.92 Å². The number of aliphatic carboxylic acids is 2. The van der Waals surface area contributed by atoms with Crippen LogP contribution in [0.2, 0.25) is 0 Å². The summed E-state index contributed by atoms with van der Waals surface area (Å²) in [6.45, 7) is 1.19. The Hall–Kier alpha value is -2.47. The number of hydrogen-bond acceptors (Lipinski definition) is 4. The molecule has 1 aromatic heterocycles. The first-order valence-corrected chi connectivity index (χ1v) is 7.04. The molecule has 1 saturated heterocycles. The maximum absolute atomic E-state index is 9.55. The molecule has 6 nitrogen and oxygen atoms in total. The van der Waals surface area contributed by atoms with Crippen LogP contribution in [0.25, 0.3) is 5.57 Å². The number of carboxylic acid groups (broad SMARTS) is 2. The number of pyridine rings is 1. The monoisotopic (exact) mass is 302 g/mol. The lowest BCUT2D eigenvalue weighted by molar-refractivity contribution is -0.134. The number of allylic oxidation sites excluding steroid dienone is 1. The molecule has 0 bridgehead atoms. The molecule has 1 fully saturated rings. The molecular formula is C16H18N2O4. The number of carbonyl (C=O) groups is 2. The van der Waals surface area contributed by atoms with Crippen molar-refractivity contribution in [3.63, 3.8) is 0 Å². The average Bonchev–Trinajstić information content (AvgIpc) is 3.08. The third-order valence-electron chi connectivity index (χ3n) is 3.67. The van der Waals surface area contributed by atoms with E-state index in [1.54, 1.807) is 0 Å². The minimum Gasteiger partial charge on any atom is -0.478 e. The molecule has 2 unspecified atom stereocenters. The summed E-state index contributed by atoms with van der Waals surface area (Å²) in [5.41, 5.74) is 2.77. The third kappa shape index (κ3) is 4.53. The fourth-order valence-electron chi connectivity index (χ4n) is 2.68. The van der Waals surface area contributed by atoms with Crippen LogP contribution < -0.4 is 5.32 Å². The van der Waals surface area contributed by atoms with Crippen molar-refractivity contribution in [2.45, 2.75) is 18.9 Å². The molecule has 0 amide bonds. The normalized spacial score (nSPS) is 22.6. The summed E-state index contributed by atoms with van der Waals surface area (Å²) in [5.74, 6) is -1.68. The highest BCUT2D eigenvalue weighted by Gasteiger charge is 2.31. The fraction of sp³-hybridized carbons (Fsp3) is 0.312. The van der Waals surface area contributed by atoms with Gasteiger partial charge in [-0.25, -0.2) is 9.59 Å². The van der Waals surface area contributed by atoms with Crippen molar-refractivity contribution in [1.29, 1.82) is 0 Å². The first-order valence-electron chi connectivity index (χ1n) is 7.04. The highest BCUT2D eigenvalue weighted by Crippen LogP contribution is 2.36. The van der Waals surface area contributed by atoms with E-state index >= 15 is 0 Å². The summed E-state index contributed by atoms with van der Waals surface area (Å²) in [5, 5.41) is 19.1. The number of fused-ring (bicyclic) bond motifs is 1. The summed E-state index contributed by atoms with van der Waals surface area (Å²) in [4.78, 5) is 23.3. The quantitative estimate of drug-likeness (QED) is 0.733. The Labute approximate surface area is 128 Å². The molecule has 1 aliphatic heterocycles. The smallest absolute Gasteiger partial charge is 0.328 e. The van der Waals surface area contributed by atoms with Crippen LogP contribution in [0.1, 0.15) is 18.4 Å². The predicted molar refractivity (Wildman–Crippen MR) is 81.1 cm³/mol. The Kier molecular flexibility index (Phi) is 5.43. The Bertz CT molecular complexity index is 579. The van der Waals surface area contributed by atoms with Gasteiger partial charge in [-0.15, -0.1) is 0 Å². The van der Waals surface area contributed by atoms with Crippen molar-refractivity contribution in [1.82, 2.24) is 10.3 Å². The average molecular weight is 302 g/mol. The van der Waals surface area contributed by atoms with Crippen molar-refractivity contribution < 1.29 is 19.8 Å². The number of aromatic nitrogens is 1. The number of carboxylic acids is 2. The second kappa shape index (κ2) is 7.51. The Morgan fingerprint density at radius 3 is 2.55 bits per heavy atom. The summed E-state index contributed by atoms with van der Waals surface area (Å²) >= 11 is 0. The summed E-state index contributed by atoms with van der Waals surface area (Å²) in [6.07, 6.45) is 9.85. The lowest BCUT2D eigenvalue weighted by Gasteiger charge is -2.06. The third-order valence-corrected chi connectivity index (χ3v) is 3.67. The molecule has 2 atom stereocenters. The lowest BCUT2D eigenvalue weighted by Crippen LogP contribution is -2.20. The van der Waals surface area contributed by atoms with Crippen LogP contribution in [0.15, 0.2) is 42.8 Å². The number of nitrogens with one attached hydrogen (secondary N) is 1. The van der Waals surface area contributed by atoms with Gasteiger partial charge in [-0.1, -0.05) is 12.1 Å². The van der Waals surface area contributed by atoms with Gasteiger partial charge in [0.05, 0.1) is 0 Å². The minimum atomic E-state index is -1.26. The van der Waals surface area contributed by atoms with Gasteiger partial charge in [-0.2, -0.15) is 0 Å². The Balaban J connectivity index is 0.000000192. The van der Waals surface area contributed by atoms with E-state index < -0.39 is 11.9 Å². The maximum Gasteiger partial charge on any atom is 0.328 e. The molecule has 116 valence electrons. The second-order valence-corrected chi connectivity index (χ2v) is 5.18. The number of rotatable bonds is 3. The molecule has 0 radical (unpaired) electrons. The van der Waals surface area contributed by atoms with Gasteiger partial charge in [0.15, 0.2) is 0 Å². The standard InChI is InChI=1S/C12H14N2.C4H4O4/c1-2-10(8-13-4-1)11-6-9-3-5-14-12(9)7-11;5-3(6)1-2-4(7)8/h1-2,4,7-9,12,14H,3,5-6H2;1-2H,(H,5,6)(H,7,8). The van der Waals surface area contributed by atoms with Crippen LogP contribution in [0.5, 0.6) is 0 Å². The Morgan fingerprint density at radius 2 is 2.00 bits per heavy atom.